The largest absolute Gasteiger partial charge is 0.305 e. The van der Waals surface area contributed by atoms with Crippen LogP contribution in [0.2, 0.25) is 0 Å². The highest BCUT2D eigenvalue weighted by atomic mass is 16.6. The van der Waals surface area contributed by atoms with Crippen LogP contribution in [0.3, 0.4) is 0 Å². The first kappa shape index (κ1) is 13.7. The molecule has 17 heavy (non-hydrogen) atoms. The Morgan fingerprint density at radius 2 is 1.94 bits per heavy atom. The average molecular weight is 231 g/mol. The monoisotopic (exact) mass is 231 g/mol. The Hall–Kier alpha value is -1.38. The molecule has 1 unspecified atom stereocenters. The molecule has 0 aliphatic carbocycles. The molecule has 1 aromatic rings. The van der Waals surface area contributed by atoms with Gasteiger partial charge in [0.1, 0.15) is 0 Å². The molecule has 92 valence electrons. The SMILES string of the molecule is C=CC(C)(C)C(/C=C/c1ccccc1)NOC. The lowest BCUT2D eigenvalue weighted by Crippen LogP contribution is -2.38. The van der Waals surface area contributed by atoms with Crippen LogP contribution in [0.1, 0.15) is 19.4 Å². The van der Waals surface area contributed by atoms with Gasteiger partial charge in [-0.2, -0.15) is 5.48 Å². The van der Waals surface area contributed by atoms with Crippen LogP contribution < -0.4 is 5.48 Å². The van der Waals surface area contributed by atoms with E-state index in [0.29, 0.717) is 0 Å². The van der Waals surface area contributed by atoms with Crippen molar-refractivity contribution in [2.45, 2.75) is 19.9 Å². The molecular weight excluding hydrogens is 210 g/mol. The molecule has 2 nitrogen and oxygen atoms in total. The van der Waals surface area contributed by atoms with Crippen molar-refractivity contribution in [2.75, 3.05) is 7.11 Å². The zero-order chi connectivity index (χ0) is 12.7. The molecule has 0 aliphatic heterocycles. The highest BCUT2D eigenvalue weighted by molar-refractivity contribution is 5.49. The minimum absolute atomic E-state index is 0.0682. The Morgan fingerprint density at radius 3 is 2.47 bits per heavy atom. The van der Waals surface area contributed by atoms with E-state index in [-0.39, 0.29) is 11.5 Å². The standard InChI is InChI=1S/C15H21NO/c1-5-15(2,3)14(16-17-4)12-11-13-9-7-6-8-10-13/h5-12,14,16H,1H2,2-4H3/b12-11+. The average Bonchev–Trinajstić information content (AvgIpc) is 2.35. The third-order valence-corrected chi connectivity index (χ3v) is 2.85. The first-order chi connectivity index (χ1) is 8.10. The summed E-state index contributed by atoms with van der Waals surface area (Å²) in [5, 5.41) is 0. The van der Waals surface area contributed by atoms with E-state index in [9.17, 15) is 0 Å². The van der Waals surface area contributed by atoms with Crippen LogP contribution in [0.4, 0.5) is 0 Å². The van der Waals surface area contributed by atoms with Gasteiger partial charge in [0.25, 0.3) is 0 Å². The molecule has 0 saturated carbocycles. The fraction of sp³-hybridized carbons (Fsp3) is 0.333. The number of hydroxylamine groups is 1. The molecule has 0 heterocycles. The molecule has 1 rings (SSSR count). The number of rotatable bonds is 6. The molecular formula is C15H21NO. The van der Waals surface area contributed by atoms with Gasteiger partial charge < -0.3 is 4.84 Å². The van der Waals surface area contributed by atoms with E-state index >= 15 is 0 Å². The molecule has 0 radical (unpaired) electrons. The Balaban J connectivity index is 2.80. The third-order valence-electron chi connectivity index (χ3n) is 2.85. The van der Waals surface area contributed by atoms with Crippen LogP contribution in [0.25, 0.3) is 6.08 Å². The van der Waals surface area contributed by atoms with Crippen LogP contribution in [0.5, 0.6) is 0 Å². The maximum atomic E-state index is 5.03. The molecule has 0 amide bonds. The summed E-state index contributed by atoms with van der Waals surface area (Å²) >= 11 is 0. The van der Waals surface area contributed by atoms with Crippen molar-refractivity contribution in [2.24, 2.45) is 5.41 Å². The van der Waals surface area contributed by atoms with Crippen molar-refractivity contribution >= 4 is 6.08 Å². The van der Waals surface area contributed by atoms with Crippen molar-refractivity contribution in [3.63, 3.8) is 0 Å². The van der Waals surface area contributed by atoms with E-state index in [0.717, 1.165) is 0 Å². The Bertz CT molecular complexity index is 368. The second-order valence-electron chi connectivity index (χ2n) is 4.59. The van der Waals surface area contributed by atoms with Gasteiger partial charge in [-0.1, -0.05) is 62.4 Å². The summed E-state index contributed by atoms with van der Waals surface area (Å²) in [5.41, 5.74) is 4.09. The van der Waals surface area contributed by atoms with Gasteiger partial charge in [-0.15, -0.1) is 6.58 Å². The van der Waals surface area contributed by atoms with Crippen LogP contribution in [-0.4, -0.2) is 13.2 Å². The van der Waals surface area contributed by atoms with Crippen molar-refractivity contribution in [3.05, 3.63) is 54.6 Å². The second-order valence-corrected chi connectivity index (χ2v) is 4.59. The minimum Gasteiger partial charge on any atom is -0.305 e. The summed E-state index contributed by atoms with van der Waals surface area (Å²) in [6, 6.07) is 10.3. The number of benzene rings is 1. The number of nitrogens with one attached hydrogen (secondary N) is 1. The van der Waals surface area contributed by atoms with Crippen molar-refractivity contribution in [1.82, 2.24) is 5.48 Å². The van der Waals surface area contributed by atoms with Gasteiger partial charge in [-0.05, 0) is 5.56 Å². The fourth-order valence-corrected chi connectivity index (χ4v) is 1.46. The van der Waals surface area contributed by atoms with Crippen LogP contribution in [0, 0.1) is 5.41 Å². The van der Waals surface area contributed by atoms with Gasteiger partial charge in [0.15, 0.2) is 0 Å². The molecule has 0 aromatic heterocycles. The zero-order valence-corrected chi connectivity index (χ0v) is 10.8. The van der Waals surface area contributed by atoms with E-state index in [2.05, 4.69) is 50.2 Å². The normalized spacial score (nSPS) is 13.8. The highest BCUT2D eigenvalue weighted by Crippen LogP contribution is 2.23. The van der Waals surface area contributed by atoms with Gasteiger partial charge >= 0.3 is 0 Å². The Morgan fingerprint density at radius 1 is 1.29 bits per heavy atom. The first-order valence-corrected chi connectivity index (χ1v) is 5.75. The van der Waals surface area contributed by atoms with E-state index < -0.39 is 0 Å². The fourth-order valence-electron chi connectivity index (χ4n) is 1.46. The summed E-state index contributed by atoms with van der Waals surface area (Å²) in [4.78, 5) is 5.03. The lowest BCUT2D eigenvalue weighted by molar-refractivity contribution is 0.0487. The summed E-state index contributed by atoms with van der Waals surface area (Å²) in [5.74, 6) is 0. The predicted molar refractivity (Wildman–Crippen MR) is 73.4 cm³/mol. The summed E-state index contributed by atoms with van der Waals surface area (Å²) in [7, 11) is 1.63. The second kappa shape index (κ2) is 6.38. The smallest absolute Gasteiger partial charge is 0.0590 e. The van der Waals surface area contributed by atoms with Crippen LogP contribution in [0.15, 0.2) is 49.1 Å². The molecule has 0 bridgehead atoms. The topological polar surface area (TPSA) is 21.3 Å². The summed E-state index contributed by atoms with van der Waals surface area (Å²) in [6.07, 6.45) is 6.11. The van der Waals surface area contributed by atoms with Gasteiger partial charge in [0, 0.05) is 5.41 Å². The highest BCUT2D eigenvalue weighted by Gasteiger charge is 2.23. The molecule has 0 aliphatic rings. The molecule has 0 spiro atoms. The van der Waals surface area contributed by atoms with Gasteiger partial charge in [-0.3, -0.25) is 0 Å². The maximum absolute atomic E-state index is 5.03. The Labute approximate surface area is 104 Å². The first-order valence-electron chi connectivity index (χ1n) is 5.75. The van der Waals surface area contributed by atoms with Gasteiger partial charge in [-0.25, -0.2) is 0 Å². The van der Waals surface area contributed by atoms with Crippen LogP contribution in [-0.2, 0) is 4.84 Å². The third kappa shape index (κ3) is 4.17. The van der Waals surface area contributed by atoms with E-state index in [1.54, 1.807) is 7.11 Å². The minimum atomic E-state index is -0.0682. The quantitative estimate of drug-likeness (QED) is 0.598. The molecule has 1 aromatic carbocycles. The molecule has 1 N–H and O–H groups in total. The summed E-state index contributed by atoms with van der Waals surface area (Å²) in [6.45, 7) is 8.10. The number of hydrogen-bond acceptors (Lipinski definition) is 2. The van der Waals surface area contributed by atoms with E-state index in [1.807, 2.05) is 24.3 Å². The molecule has 0 saturated heterocycles. The van der Waals surface area contributed by atoms with Gasteiger partial charge in [0.05, 0.1) is 13.2 Å². The maximum Gasteiger partial charge on any atom is 0.0590 e. The van der Waals surface area contributed by atoms with Gasteiger partial charge in [0.2, 0.25) is 0 Å². The van der Waals surface area contributed by atoms with Crippen molar-refractivity contribution < 1.29 is 4.84 Å². The predicted octanol–water partition coefficient (Wildman–Crippen LogP) is 3.43. The Kier molecular flexibility index (Phi) is 5.13. The lowest BCUT2D eigenvalue weighted by atomic mass is 9.84. The zero-order valence-electron chi connectivity index (χ0n) is 10.8. The molecule has 2 heteroatoms. The van der Waals surface area contributed by atoms with E-state index in [1.165, 1.54) is 5.56 Å². The molecule has 1 atom stereocenters. The summed E-state index contributed by atoms with van der Waals surface area (Å²) < 4.78 is 0. The number of hydrogen-bond donors (Lipinski definition) is 1. The van der Waals surface area contributed by atoms with Crippen LogP contribution >= 0.6 is 0 Å². The lowest BCUT2D eigenvalue weighted by Gasteiger charge is -2.28. The van der Waals surface area contributed by atoms with Crippen molar-refractivity contribution in [1.29, 1.82) is 0 Å². The van der Waals surface area contributed by atoms with Crippen molar-refractivity contribution in [3.8, 4) is 0 Å². The molecule has 0 fully saturated rings. The van der Waals surface area contributed by atoms with E-state index in [4.69, 9.17) is 4.84 Å².